The van der Waals surface area contributed by atoms with Crippen molar-refractivity contribution in [2.75, 3.05) is 52.9 Å². The maximum absolute atomic E-state index is 14.3. The number of aromatic carboxylic acids is 1. The van der Waals surface area contributed by atoms with Gasteiger partial charge in [0.1, 0.15) is 62.5 Å². The molecular weight excluding hydrogens is 1330 g/mol. The molecule has 18 nitrogen and oxygen atoms in total. The number of carboxylic acid groups (broad SMARTS) is 1. The molecule has 536 valence electrons. The fraction of sp³-hybridized carbons (Fsp3) is 0.382. The molecule has 98 heavy (non-hydrogen) atoms. The van der Waals surface area contributed by atoms with Crippen molar-refractivity contribution >= 4 is 35.8 Å². The molecule has 0 radical (unpaired) electrons. The summed E-state index contributed by atoms with van der Waals surface area (Å²) in [7, 11) is 0. The summed E-state index contributed by atoms with van der Waals surface area (Å²) in [6.07, 6.45) is -7.02. The van der Waals surface area contributed by atoms with E-state index in [4.69, 9.17) is 58.0 Å². The second-order valence-corrected chi connectivity index (χ2v) is 20.5. The van der Waals surface area contributed by atoms with Gasteiger partial charge in [-0.2, -0.15) is 52.7 Å². The number of rotatable bonds is 32. The van der Waals surface area contributed by atoms with Crippen molar-refractivity contribution in [3.8, 4) is 40.2 Å². The molecule has 0 atom stereocenters. The van der Waals surface area contributed by atoms with E-state index in [1.54, 1.807) is 12.1 Å². The van der Waals surface area contributed by atoms with Crippen LogP contribution in [0.3, 0.4) is 0 Å². The summed E-state index contributed by atoms with van der Waals surface area (Å²) < 4.78 is 205. The monoisotopic (exact) mass is 1400 g/mol. The Hall–Kier alpha value is -9.74. The van der Waals surface area contributed by atoms with Gasteiger partial charge < -0.3 is 58.0 Å². The molecule has 1 heterocycles. The smallest absolute Gasteiger partial charge is 0.420 e. The van der Waals surface area contributed by atoms with Gasteiger partial charge in [-0.1, -0.05) is 19.7 Å². The number of hydrogen-bond donors (Lipinski definition) is 3. The number of carboxylic acids is 1. The van der Waals surface area contributed by atoms with Gasteiger partial charge in [0.25, 0.3) is 0 Å². The van der Waals surface area contributed by atoms with E-state index in [1.807, 2.05) is 0 Å². The molecule has 1 aliphatic heterocycles. The standard InChI is InChI=1S/C40H40F6O10.C16H20O5.C8H4F6O2.C4H8O/c1-3-33(47)53-25-11-7-5-9-23-51-29-17-13-27(14-18-29)37(49)55-31-21-22-32(36(40(44,45)46)35(31)39(41,42)43)56-38(50)28-15-19-30(20-16-28)52-24-10-6-8-12-26-54-34(48)4-2;1-2-15(17)21-12-6-4-3-5-11-20-14-9-7-13(8-10-14)16(18)19;9-7(10,11)5-3(15)1-2-4(16)6(5)8(12,13)14;1-2-4-5-3-1/h3-4,13-22H,1-2,5-12,23-26H2;2,7-10H,1,3-6,11-12H2,(H,18,19);1-2,15-16H;1-4H2. The second-order valence-electron chi connectivity index (χ2n) is 20.5. The number of carbonyl (C=O) groups is 6. The number of halogens is 12. The van der Waals surface area contributed by atoms with Crippen LogP contribution in [0.15, 0.2) is 135 Å². The Bertz CT molecular complexity index is 3170. The molecule has 0 amide bonds. The first kappa shape index (κ1) is 82.5. The van der Waals surface area contributed by atoms with E-state index in [0.29, 0.717) is 93.6 Å². The normalized spacial score (nSPS) is 11.9. The van der Waals surface area contributed by atoms with Crippen molar-refractivity contribution in [3.05, 3.63) is 174 Å². The van der Waals surface area contributed by atoms with Crippen molar-refractivity contribution < 1.29 is 139 Å². The number of phenolic OH excluding ortho intramolecular Hbond substituents is 2. The zero-order valence-electron chi connectivity index (χ0n) is 52.6. The average Bonchev–Trinajstić information content (AvgIpc) is 0.805. The number of esters is 5. The van der Waals surface area contributed by atoms with Crippen LogP contribution in [-0.2, 0) is 58.0 Å². The number of alkyl halides is 12. The van der Waals surface area contributed by atoms with Crippen LogP contribution in [0.2, 0.25) is 0 Å². The number of aromatic hydroxyl groups is 2. The summed E-state index contributed by atoms with van der Waals surface area (Å²) in [4.78, 5) is 69.1. The van der Waals surface area contributed by atoms with Crippen molar-refractivity contribution in [2.45, 2.75) is 115 Å². The Morgan fingerprint density at radius 2 is 0.643 bits per heavy atom. The summed E-state index contributed by atoms with van der Waals surface area (Å²) in [5.41, 5.74) is -9.61. The molecule has 1 aliphatic rings. The number of unbranched alkanes of at least 4 members (excludes halogenated alkanes) is 9. The molecule has 1 fully saturated rings. The topological polar surface area (TPSA) is 246 Å². The van der Waals surface area contributed by atoms with Crippen LogP contribution in [0.1, 0.15) is 143 Å². The summed E-state index contributed by atoms with van der Waals surface area (Å²) in [5.74, 6) is -9.87. The maximum atomic E-state index is 14.3. The lowest BCUT2D eigenvalue weighted by atomic mass is 10.0. The minimum absolute atomic E-state index is 0.247. The molecule has 6 rings (SSSR count). The van der Waals surface area contributed by atoms with E-state index >= 15 is 0 Å². The van der Waals surface area contributed by atoms with Crippen LogP contribution in [0, 0.1) is 0 Å². The van der Waals surface area contributed by atoms with Crippen molar-refractivity contribution in [1.82, 2.24) is 0 Å². The highest BCUT2D eigenvalue weighted by Crippen LogP contribution is 2.50. The molecule has 0 spiro atoms. The minimum Gasteiger partial charge on any atom is -0.507 e. The van der Waals surface area contributed by atoms with Gasteiger partial charge in [-0.05, 0) is 187 Å². The van der Waals surface area contributed by atoms with E-state index < -0.39 is 99.8 Å². The summed E-state index contributed by atoms with van der Waals surface area (Å²) in [6.45, 7) is 14.0. The van der Waals surface area contributed by atoms with Gasteiger partial charge in [0, 0.05) is 31.4 Å². The van der Waals surface area contributed by atoms with Gasteiger partial charge in [0.15, 0.2) is 0 Å². The molecule has 0 bridgehead atoms. The van der Waals surface area contributed by atoms with E-state index in [-0.39, 0.29) is 35.9 Å². The Labute approximate surface area is 555 Å². The Kier molecular flexibility index (Phi) is 35.4. The van der Waals surface area contributed by atoms with Crippen LogP contribution >= 0.6 is 0 Å². The first-order valence-corrected chi connectivity index (χ1v) is 30.1. The quantitative estimate of drug-likeness (QED) is 0.00689. The third-order valence-electron chi connectivity index (χ3n) is 13.1. The third kappa shape index (κ3) is 31.0. The van der Waals surface area contributed by atoms with Crippen molar-refractivity contribution in [1.29, 1.82) is 0 Å². The number of phenols is 2. The van der Waals surface area contributed by atoms with Crippen LogP contribution in [0.5, 0.6) is 40.2 Å². The highest BCUT2D eigenvalue weighted by molar-refractivity contribution is 5.93. The predicted molar refractivity (Wildman–Crippen MR) is 328 cm³/mol. The van der Waals surface area contributed by atoms with Crippen LogP contribution in [0.25, 0.3) is 0 Å². The van der Waals surface area contributed by atoms with Crippen LogP contribution in [0.4, 0.5) is 52.7 Å². The molecule has 5 aromatic carbocycles. The molecule has 30 heteroatoms. The van der Waals surface area contributed by atoms with E-state index in [2.05, 4.69) is 19.7 Å². The van der Waals surface area contributed by atoms with Gasteiger partial charge in [-0.15, -0.1) is 0 Å². The predicted octanol–water partition coefficient (Wildman–Crippen LogP) is 16.5. The molecule has 5 aromatic rings. The number of hydrogen-bond acceptors (Lipinski definition) is 17. The minimum atomic E-state index is -5.70. The third-order valence-corrected chi connectivity index (χ3v) is 13.1. The van der Waals surface area contributed by atoms with E-state index in [1.165, 1.54) is 73.5 Å². The van der Waals surface area contributed by atoms with Gasteiger partial charge in [-0.3, -0.25) is 0 Å². The number of carbonyl (C=O) groups excluding carboxylic acids is 5. The number of ether oxygens (including phenoxy) is 9. The molecule has 3 N–H and O–H groups in total. The maximum Gasteiger partial charge on any atom is 0.420 e. The van der Waals surface area contributed by atoms with Crippen molar-refractivity contribution in [3.63, 3.8) is 0 Å². The Balaban J connectivity index is 0.000000476. The molecular formula is C68H72F12O18. The zero-order valence-corrected chi connectivity index (χ0v) is 52.6. The fourth-order valence-electron chi connectivity index (χ4n) is 8.29. The first-order valence-electron chi connectivity index (χ1n) is 30.1. The highest BCUT2D eigenvalue weighted by atomic mass is 19.4. The van der Waals surface area contributed by atoms with Gasteiger partial charge >= 0.3 is 60.5 Å². The molecule has 0 aromatic heterocycles. The Morgan fingerprint density at radius 3 is 0.878 bits per heavy atom. The molecule has 0 saturated carbocycles. The lowest BCUT2D eigenvalue weighted by Crippen LogP contribution is -2.22. The molecule has 0 unspecified atom stereocenters. The zero-order chi connectivity index (χ0) is 72.9. The SMILES string of the molecule is C1CCOC1.C=CC(=O)OCCCCCCOc1ccc(C(=O)O)cc1.C=CC(=O)OCCCCCCOc1ccc(C(=O)Oc2ccc(OC(=O)c3ccc(OCCCCCCOC(=O)C=C)cc3)c(C(F)(F)F)c2C(F)(F)F)cc1.Oc1ccc(O)c(C(F)(F)F)c1C(F)(F)F. The summed E-state index contributed by atoms with van der Waals surface area (Å²) in [5, 5.41) is 26.3. The summed E-state index contributed by atoms with van der Waals surface area (Å²) in [6, 6.07) is 18.0. The summed E-state index contributed by atoms with van der Waals surface area (Å²) >= 11 is 0. The van der Waals surface area contributed by atoms with Crippen LogP contribution in [-0.4, -0.2) is 104 Å². The first-order chi connectivity index (χ1) is 46.3. The molecule has 1 saturated heterocycles. The van der Waals surface area contributed by atoms with E-state index in [9.17, 15) is 81.5 Å². The number of benzene rings is 5. The fourth-order valence-corrected chi connectivity index (χ4v) is 8.29. The lowest BCUT2D eigenvalue weighted by molar-refractivity contribution is -0.163. The van der Waals surface area contributed by atoms with Crippen molar-refractivity contribution in [2.24, 2.45) is 0 Å². The largest absolute Gasteiger partial charge is 0.507 e. The van der Waals surface area contributed by atoms with Gasteiger partial charge in [0.05, 0.1) is 56.3 Å². The van der Waals surface area contributed by atoms with Crippen LogP contribution < -0.4 is 23.7 Å². The second kappa shape index (κ2) is 42.1. The highest BCUT2D eigenvalue weighted by Gasteiger charge is 2.50. The van der Waals surface area contributed by atoms with Gasteiger partial charge in [0.2, 0.25) is 0 Å². The Morgan fingerprint density at radius 1 is 0.378 bits per heavy atom. The lowest BCUT2D eigenvalue weighted by Gasteiger charge is -2.21. The van der Waals surface area contributed by atoms with Gasteiger partial charge in [-0.25, -0.2) is 28.8 Å². The average molecular weight is 1410 g/mol. The molecule has 0 aliphatic carbocycles. The van der Waals surface area contributed by atoms with E-state index in [0.717, 1.165) is 82.8 Å².